The highest BCUT2D eigenvalue weighted by Crippen LogP contribution is 2.21. The lowest BCUT2D eigenvalue weighted by atomic mass is 10.2. The molecule has 24 heavy (non-hydrogen) atoms. The van der Waals surface area contributed by atoms with Crippen LogP contribution in [0.2, 0.25) is 0 Å². The molecule has 0 bridgehead atoms. The smallest absolute Gasteiger partial charge is 0.357 e. The minimum absolute atomic E-state index is 0. The number of aliphatic imine (C=N–C) groups is 1. The molecular formula is C15H26F3IN4S. The van der Waals surface area contributed by atoms with Gasteiger partial charge in [0.05, 0.1) is 12.2 Å². The zero-order valence-corrected chi connectivity index (χ0v) is 17.4. The summed E-state index contributed by atoms with van der Waals surface area (Å²) in [6.45, 7) is 7.76. The number of hydrogen-bond acceptors (Lipinski definition) is 3. The molecule has 0 aliphatic rings. The molecule has 1 aromatic rings. The second kappa shape index (κ2) is 11.9. The molecule has 0 aliphatic carbocycles. The Morgan fingerprint density at radius 1 is 1.29 bits per heavy atom. The lowest BCUT2D eigenvalue weighted by Gasteiger charge is -2.11. The zero-order chi connectivity index (χ0) is 17.3. The zero-order valence-electron chi connectivity index (χ0n) is 14.2. The van der Waals surface area contributed by atoms with Crippen LogP contribution in [0.1, 0.15) is 56.7 Å². The van der Waals surface area contributed by atoms with Crippen LogP contribution in [0.15, 0.2) is 10.4 Å². The number of alkyl halides is 3. The van der Waals surface area contributed by atoms with Crippen molar-refractivity contribution in [1.82, 2.24) is 15.6 Å². The third-order valence-corrected chi connectivity index (χ3v) is 3.91. The van der Waals surface area contributed by atoms with Crippen LogP contribution in [0.3, 0.4) is 0 Å². The van der Waals surface area contributed by atoms with Crippen molar-refractivity contribution in [2.75, 3.05) is 13.1 Å². The maximum atomic E-state index is 12.1. The van der Waals surface area contributed by atoms with Gasteiger partial charge < -0.3 is 10.6 Å². The van der Waals surface area contributed by atoms with Gasteiger partial charge in [-0.15, -0.1) is 35.3 Å². The maximum Gasteiger partial charge on any atom is 0.389 e. The molecule has 0 amide bonds. The van der Waals surface area contributed by atoms with Crippen molar-refractivity contribution in [2.24, 2.45) is 4.99 Å². The van der Waals surface area contributed by atoms with Crippen molar-refractivity contribution < 1.29 is 13.2 Å². The molecule has 0 spiro atoms. The quantitative estimate of drug-likeness (QED) is 0.247. The van der Waals surface area contributed by atoms with E-state index >= 15 is 0 Å². The monoisotopic (exact) mass is 478 g/mol. The molecule has 1 aromatic heterocycles. The first-order valence-corrected chi connectivity index (χ1v) is 8.73. The molecule has 0 saturated heterocycles. The van der Waals surface area contributed by atoms with Crippen LogP contribution in [0.25, 0.3) is 0 Å². The van der Waals surface area contributed by atoms with Gasteiger partial charge in [-0.3, -0.25) is 0 Å². The van der Waals surface area contributed by atoms with Gasteiger partial charge >= 0.3 is 6.18 Å². The predicted octanol–water partition coefficient (Wildman–Crippen LogP) is 4.67. The molecule has 0 saturated carbocycles. The first-order valence-electron chi connectivity index (χ1n) is 7.85. The molecule has 0 aromatic carbocycles. The summed E-state index contributed by atoms with van der Waals surface area (Å²) in [6.07, 6.45) is -4.23. The van der Waals surface area contributed by atoms with Crippen LogP contribution in [0.4, 0.5) is 13.2 Å². The summed E-state index contributed by atoms with van der Waals surface area (Å²) in [6, 6.07) is 0. The first-order chi connectivity index (χ1) is 10.8. The first kappa shape index (κ1) is 23.4. The summed E-state index contributed by atoms with van der Waals surface area (Å²) in [5, 5.41) is 9.11. The van der Waals surface area contributed by atoms with Crippen LogP contribution in [0.5, 0.6) is 0 Å². The molecule has 0 unspecified atom stereocenters. The maximum absolute atomic E-state index is 12.1. The van der Waals surface area contributed by atoms with E-state index in [1.807, 2.05) is 12.3 Å². The number of thiazole rings is 1. The molecule has 0 atom stereocenters. The molecule has 9 heteroatoms. The lowest BCUT2D eigenvalue weighted by Crippen LogP contribution is -2.37. The molecule has 1 heterocycles. The predicted molar refractivity (Wildman–Crippen MR) is 104 cm³/mol. The van der Waals surface area contributed by atoms with Crippen LogP contribution in [0, 0.1) is 0 Å². The number of guanidine groups is 1. The minimum Gasteiger partial charge on any atom is -0.357 e. The van der Waals surface area contributed by atoms with Gasteiger partial charge in [0.2, 0.25) is 0 Å². The molecule has 4 nitrogen and oxygen atoms in total. The summed E-state index contributed by atoms with van der Waals surface area (Å²) >= 11 is 1.57. The Bertz CT molecular complexity index is 489. The van der Waals surface area contributed by atoms with Gasteiger partial charge in [-0.1, -0.05) is 13.8 Å². The van der Waals surface area contributed by atoms with E-state index in [4.69, 9.17) is 0 Å². The van der Waals surface area contributed by atoms with Gasteiger partial charge in [0.25, 0.3) is 0 Å². The van der Waals surface area contributed by atoms with E-state index in [2.05, 4.69) is 34.5 Å². The third kappa shape index (κ3) is 10.3. The Kier molecular flexibility index (Phi) is 11.6. The molecular weight excluding hydrogens is 452 g/mol. The highest BCUT2D eigenvalue weighted by Gasteiger charge is 2.25. The van der Waals surface area contributed by atoms with Crippen LogP contribution < -0.4 is 10.6 Å². The molecule has 2 N–H and O–H groups in total. The van der Waals surface area contributed by atoms with E-state index in [9.17, 15) is 13.2 Å². The van der Waals surface area contributed by atoms with Crippen LogP contribution >= 0.6 is 35.3 Å². The van der Waals surface area contributed by atoms with Crippen LogP contribution in [-0.4, -0.2) is 30.2 Å². The molecule has 0 aliphatic heterocycles. The second-order valence-corrected chi connectivity index (χ2v) is 6.46. The number of aromatic nitrogens is 1. The average molecular weight is 478 g/mol. The largest absolute Gasteiger partial charge is 0.389 e. The minimum atomic E-state index is -4.07. The van der Waals surface area contributed by atoms with Crippen LogP contribution in [-0.2, 0) is 6.54 Å². The Morgan fingerprint density at radius 3 is 2.54 bits per heavy atom. The lowest BCUT2D eigenvalue weighted by molar-refractivity contribution is -0.135. The van der Waals surface area contributed by atoms with Crippen molar-refractivity contribution >= 4 is 41.3 Å². The number of unbranched alkanes of at least 4 members (excludes halogenated alkanes) is 1. The van der Waals surface area contributed by atoms with Crippen molar-refractivity contribution in [3.63, 3.8) is 0 Å². The molecule has 0 radical (unpaired) electrons. The summed E-state index contributed by atoms with van der Waals surface area (Å²) < 4.78 is 36.2. The molecule has 0 fully saturated rings. The van der Waals surface area contributed by atoms with Gasteiger partial charge in [-0.05, 0) is 25.7 Å². The summed E-state index contributed by atoms with van der Waals surface area (Å²) in [4.78, 5) is 8.93. The summed E-state index contributed by atoms with van der Waals surface area (Å²) in [5.74, 6) is 1.00. The van der Waals surface area contributed by atoms with E-state index in [-0.39, 0.29) is 30.4 Å². The van der Waals surface area contributed by atoms with Gasteiger partial charge in [0, 0.05) is 24.9 Å². The van der Waals surface area contributed by atoms with Crippen molar-refractivity contribution in [2.45, 2.75) is 58.7 Å². The number of nitrogens with zero attached hydrogens (tertiary/aromatic N) is 2. The highest BCUT2D eigenvalue weighted by molar-refractivity contribution is 14.0. The van der Waals surface area contributed by atoms with E-state index in [0.29, 0.717) is 37.9 Å². The number of hydrogen-bond donors (Lipinski definition) is 2. The van der Waals surface area contributed by atoms with Gasteiger partial charge in [-0.25, -0.2) is 9.98 Å². The van der Waals surface area contributed by atoms with Crippen molar-refractivity contribution in [3.8, 4) is 0 Å². The normalized spacial score (nSPS) is 12.2. The fraction of sp³-hybridized carbons (Fsp3) is 0.733. The van der Waals surface area contributed by atoms with Crippen molar-refractivity contribution in [1.29, 1.82) is 0 Å². The topological polar surface area (TPSA) is 49.3 Å². The van der Waals surface area contributed by atoms with Gasteiger partial charge in [0.15, 0.2) is 5.96 Å². The number of halogens is 4. The second-order valence-electron chi connectivity index (χ2n) is 5.52. The van der Waals surface area contributed by atoms with E-state index in [1.165, 1.54) is 0 Å². The van der Waals surface area contributed by atoms with E-state index in [0.717, 1.165) is 10.7 Å². The third-order valence-electron chi connectivity index (χ3n) is 3.06. The Morgan fingerprint density at radius 2 is 2.00 bits per heavy atom. The standard InChI is InChI=1S/C15H25F3N4S.HI/c1-4-19-14(20-8-6-5-7-15(16,17)18)21-9-13-22-12(10-23-13)11(2)3;/h10-11H,4-9H2,1-3H3,(H2,19,20,21);1H. The number of rotatable bonds is 8. The SMILES string of the molecule is CCNC(=NCc1nc(C(C)C)cs1)NCCCCC(F)(F)F.I. The Hall–Kier alpha value is -0.580. The average Bonchev–Trinajstić information content (AvgIpc) is 2.92. The van der Waals surface area contributed by atoms with E-state index < -0.39 is 12.6 Å². The Balaban J connectivity index is 0.00000529. The Labute approximate surface area is 162 Å². The van der Waals surface area contributed by atoms with Gasteiger partial charge in [0.1, 0.15) is 5.01 Å². The highest BCUT2D eigenvalue weighted by atomic mass is 127. The summed E-state index contributed by atoms with van der Waals surface area (Å²) in [7, 11) is 0. The fourth-order valence-electron chi connectivity index (χ4n) is 1.81. The molecule has 1 rings (SSSR count). The van der Waals surface area contributed by atoms with E-state index in [1.54, 1.807) is 11.3 Å². The molecule has 140 valence electrons. The van der Waals surface area contributed by atoms with Gasteiger partial charge in [-0.2, -0.15) is 13.2 Å². The number of nitrogens with one attached hydrogen (secondary N) is 2. The fourth-order valence-corrected chi connectivity index (χ4v) is 2.69. The van der Waals surface area contributed by atoms with Crippen molar-refractivity contribution in [3.05, 3.63) is 16.1 Å². The summed E-state index contributed by atoms with van der Waals surface area (Å²) in [5.41, 5.74) is 1.06.